The Bertz CT molecular complexity index is 2050. The molecule has 3 aromatic carbocycles. The highest BCUT2D eigenvalue weighted by atomic mass is 16.2. The number of benzene rings is 3. The first kappa shape index (κ1) is 44.2. The summed E-state index contributed by atoms with van der Waals surface area (Å²) in [5, 5.41) is 20.9. The summed E-state index contributed by atoms with van der Waals surface area (Å²) < 4.78 is 1.56. The third-order valence-corrected chi connectivity index (χ3v) is 12.5. The molecule has 7 rings (SSSR count). The monoisotopic (exact) mass is 842 g/mol. The Morgan fingerprint density at radius 1 is 0.694 bits per heavy atom. The number of carbonyl (C=O) groups excluding carboxylic acids is 5. The lowest BCUT2D eigenvalue weighted by Gasteiger charge is -2.18. The highest BCUT2D eigenvalue weighted by Gasteiger charge is 2.49. The van der Waals surface area contributed by atoms with Crippen LogP contribution in [0, 0.1) is 11.8 Å². The second-order valence-corrected chi connectivity index (χ2v) is 17.3. The van der Waals surface area contributed by atoms with Crippen molar-refractivity contribution in [2.24, 2.45) is 11.8 Å². The van der Waals surface area contributed by atoms with Gasteiger partial charge in [0.1, 0.15) is 11.7 Å². The topological polar surface area (TPSA) is 167 Å². The van der Waals surface area contributed by atoms with E-state index < -0.39 is 17.9 Å². The van der Waals surface area contributed by atoms with Gasteiger partial charge < -0.3 is 26.2 Å². The smallest absolute Gasteiger partial charge is 0.253 e. The summed E-state index contributed by atoms with van der Waals surface area (Å²) >= 11 is 0. The number of nitrogens with one attached hydrogen (secondary N) is 4. The van der Waals surface area contributed by atoms with Crippen LogP contribution in [0.3, 0.4) is 0 Å². The van der Waals surface area contributed by atoms with Gasteiger partial charge in [-0.15, -0.1) is 5.10 Å². The zero-order valence-corrected chi connectivity index (χ0v) is 36.1. The van der Waals surface area contributed by atoms with E-state index in [1.807, 2.05) is 36.4 Å². The fourth-order valence-electron chi connectivity index (χ4n) is 8.66. The molecule has 13 heteroatoms. The van der Waals surface area contributed by atoms with Crippen LogP contribution in [0.25, 0.3) is 11.3 Å². The lowest BCUT2D eigenvalue weighted by molar-refractivity contribution is -0.133. The maximum Gasteiger partial charge on any atom is 0.253 e. The summed E-state index contributed by atoms with van der Waals surface area (Å²) in [6, 6.07) is 26.4. The predicted octanol–water partition coefficient (Wildman–Crippen LogP) is 6.13. The van der Waals surface area contributed by atoms with Crippen molar-refractivity contribution in [2.75, 3.05) is 19.6 Å². The largest absolute Gasteiger partial charge is 0.354 e. The van der Waals surface area contributed by atoms with Crippen molar-refractivity contribution in [1.82, 2.24) is 41.2 Å². The van der Waals surface area contributed by atoms with Gasteiger partial charge in [0.15, 0.2) is 0 Å². The highest BCUT2D eigenvalue weighted by molar-refractivity contribution is 5.97. The van der Waals surface area contributed by atoms with Crippen molar-refractivity contribution in [3.05, 3.63) is 108 Å². The van der Waals surface area contributed by atoms with Gasteiger partial charge >= 0.3 is 0 Å². The number of rotatable bonds is 22. The first-order chi connectivity index (χ1) is 30.2. The van der Waals surface area contributed by atoms with Gasteiger partial charge in [0.05, 0.1) is 24.6 Å². The molecule has 1 saturated heterocycles. The molecule has 2 unspecified atom stereocenters. The van der Waals surface area contributed by atoms with E-state index in [2.05, 4.69) is 69.7 Å². The fraction of sp³-hybridized carbons (Fsp3) is 0.490. The van der Waals surface area contributed by atoms with Crippen LogP contribution in [0.15, 0.2) is 91.1 Å². The Hall–Kier alpha value is -5.85. The van der Waals surface area contributed by atoms with E-state index in [4.69, 9.17) is 0 Å². The van der Waals surface area contributed by atoms with Crippen LogP contribution in [0.5, 0.6) is 0 Å². The molecule has 2 heterocycles. The van der Waals surface area contributed by atoms with Gasteiger partial charge in [-0.1, -0.05) is 130 Å². The summed E-state index contributed by atoms with van der Waals surface area (Å²) in [4.78, 5) is 69.6. The van der Waals surface area contributed by atoms with E-state index in [-0.39, 0.29) is 73.1 Å². The van der Waals surface area contributed by atoms with Crippen molar-refractivity contribution < 1.29 is 24.0 Å². The normalized spacial score (nSPS) is 21.7. The zero-order valence-electron chi connectivity index (χ0n) is 36.1. The van der Waals surface area contributed by atoms with Crippen LogP contribution in [-0.2, 0) is 25.7 Å². The van der Waals surface area contributed by atoms with Gasteiger partial charge in [0.25, 0.3) is 5.91 Å². The minimum absolute atomic E-state index is 0.00259. The van der Waals surface area contributed by atoms with Crippen molar-refractivity contribution in [3.8, 4) is 11.3 Å². The lowest BCUT2D eigenvalue weighted by Crippen LogP contribution is -2.49. The van der Waals surface area contributed by atoms with Crippen LogP contribution in [-0.4, -0.2) is 87.2 Å². The number of aromatic nitrogens is 3. The minimum Gasteiger partial charge on any atom is -0.354 e. The number of hydrogen-bond donors (Lipinski definition) is 4. The summed E-state index contributed by atoms with van der Waals surface area (Å²) in [6.45, 7) is 5.19. The fourth-order valence-corrected chi connectivity index (χ4v) is 8.66. The molecule has 4 aromatic rings. The molecule has 62 heavy (non-hydrogen) atoms. The van der Waals surface area contributed by atoms with Crippen molar-refractivity contribution in [2.45, 2.75) is 121 Å². The molecule has 5 amide bonds. The van der Waals surface area contributed by atoms with Crippen molar-refractivity contribution in [1.29, 1.82) is 0 Å². The van der Waals surface area contributed by atoms with Gasteiger partial charge in [-0.05, 0) is 48.9 Å². The Kier molecular flexibility index (Phi) is 15.2. The quantitative estimate of drug-likeness (QED) is 0.0691. The molecule has 13 nitrogen and oxygen atoms in total. The van der Waals surface area contributed by atoms with Gasteiger partial charge in [-0.3, -0.25) is 24.0 Å². The second kappa shape index (κ2) is 21.3. The third-order valence-electron chi connectivity index (χ3n) is 12.5. The average Bonchev–Trinajstić information content (AvgIpc) is 4.13. The number of hydrogen-bond acceptors (Lipinski definition) is 7. The SMILES string of the molecule is CCCCCCNC(=O)[C@H](Cn1cc(-c2ccc(C(=O)N3CC(C(=O)N[C@H]4C[C@@H]4c4ccccc4)C(C(=O)N[C@H]4C[C@@H]4c4ccccc4)C3)cc2)nn1)NC(=O)CCCCCC. The molecule has 0 spiro atoms. The second-order valence-electron chi connectivity index (χ2n) is 17.3. The molecule has 4 N–H and O–H groups in total. The molecule has 3 aliphatic rings. The van der Waals surface area contributed by atoms with Gasteiger partial charge in [-0.25, -0.2) is 4.68 Å². The highest BCUT2D eigenvalue weighted by Crippen LogP contribution is 2.42. The molecular formula is C49H62N8O5. The molecule has 1 aliphatic heterocycles. The van der Waals surface area contributed by atoms with Gasteiger partial charge in [0, 0.05) is 61.1 Å². The molecule has 328 valence electrons. The van der Waals surface area contributed by atoms with Crippen LogP contribution in [0.4, 0.5) is 0 Å². The number of nitrogens with zero attached hydrogens (tertiary/aromatic N) is 4. The van der Waals surface area contributed by atoms with Crippen LogP contribution >= 0.6 is 0 Å². The summed E-state index contributed by atoms with van der Waals surface area (Å²) in [6.07, 6.45) is 11.8. The molecule has 0 radical (unpaired) electrons. The maximum atomic E-state index is 14.0. The standard InChI is InChI=1S/C49H62N8O5/c1-3-5-7-15-21-45(58)51-44(48(61)50-26-16-8-6-4-2)32-57-31-43(54-55-57)35-22-24-36(25-23-35)49(62)56-29-39(46(59)52-41-27-37(41)33-17-11-9-12-18-33)40(30-56)47(60)53-42-28-38(42)34-19-13-10-14-20-34/h9-14,17-20,22-25,31,37-42,44H,3-8,15-16,21,26-30,32H2,1-2H3,(H,50,61)(H,51,58)(H,52,59)(H,53,60)/t37-,38-,39?,40?,41+,42+,44+/m1/s1. The Labute approximate surface area is 365 Å². The van der Waals surface area contributed by atoms with E-state index in [0.29, 0.717) is 24.2 Å². The van der Waals surface area contributed by atoms with Crippen LogP contribution in [0.2, 0.25) is 0 Å². The third kappa shape index (κ3) is 11.7. The number of unbranched alkanes of at least 4 members (excludes halogenated alkanes) is 6. The molecule has 2 saturated carbocycles. The van der Waals surface area contributed by atoms with Gasteiger partial charge in [0.2, 0.25) is 23.6 Å². The number of likely N-dealkylation sites (tertiary alicyclic amines) is 1. The van der Waals surface area contributed by atoms with E-state index >= 15 is 0 Å². The Morgan fingerprint density at radius 2 is 1.26 bits per heavy atom. The summed E-state index contributed by atoms with van der Waals surface area (Å²) in [7, 11) is 0. The average molecular weight is 843 g/mol. The molecule has 7 atom stereocenters. The molecule has 2 aliphatic carbocycles. The van der Waals surface area contributed by atoms with E-state index in [1.165, 1.54) is 11.1 Å². The van der Waals surface area contributed by atoms with Gasteiger partial charge in [-0.2, -0.15) is 0 Å². The molecular weight excluding hydrogens is 781 g/mol. The first-order valence-corrected chi connectivity index (χ1v) is 22.8. The molecule has 0 bridgehead atoms. The first-order valence-electron chi connectivity index (χ1n) is 22.8. The minimum atomic E-state index is -0.809. The van der Waals surface area contributed by atoms with Crippen molar-refractivity contribution >= 4 is 29.5 Å². The van der Waals surface area contributed by atoms with Crippen LogP contribution < -0.4 is 21.3 Å². The van der Waals surface area contributed by atoms with Crippen LogP contribution in [0.1, 0.15) is 118 Å². The number of carbonyl (C=O) groups is 5. The summed E-state index contributed by atoms with van der Waals surface area (Å²) in [5.74, 6) is -1.96. The summed E-state index contributed by atoms with van der Waals surface area (Å²) in [5.41, 5.74) is 4.05. The van der Waals surface area contributed by atoms with E-state index in [9.17, 15) is 24.0 Å². The predicted molar refractivity (Wildman–Crippen MR) is 238 cm³/mol. The molecule has 3 fully saturated rings. The Morgan fingerprint density at radius 3 is 1.82 bits per heavy atom. The van der Waals surface area contributed by atoms with Crippen molar-refractivity contribution in [3.63, 3.8) is 0 Å². The maximum absolute atomic E-state index is 14.0. The number of amides is 5. The van der Waals surface area contributed by atoms with E-state index in [1.54, 1.807) is 40.0 Å². The van der Waals surface area contributed by atoms with E-state index in [0.717, 1.165) is 69.8 Å². The molecule has 1 aromatic heterocycles. The Balaban J connectivity index is 0.985. The lowest BCUT2D eigenvalue weighted by atomic mass is 9.94. The zero-order chi connectivity index (χ0) is 43.4.